The smallest absolute Gasteiger partial charge is 0.166 e. The lowest BCUT2D eigenvalue weighted by Gasteiger charge is -2.20. The van der Waals surface area contributed by atoms with E-state index in [2.05, 4.69) is 16.8 Å². The van der Waals surface area contributed by atoms with Crippen LogP contribution in [0.25, 0.3) is 5.65 Å². The van der Waals surface area contributed by atoms with E-state index < -0.39 is 0 Å². The summed E-state index contributed by atoms with van der Waals surface area (Å²) in [4.78, 5) is 18.1. The molecule has 0 bridgehead atoms. The molecule has 4 heteroatoms. The van der Waals surface area contributed by atoms with Crippen LogP contribution < -0.4 is 0 Å². The Balaban J connectivity index is 2.05. The van der Waals surface area contributed by atoms with Gasteiger partial charge in [-0.1, -0.05) is 13.0 Å². The summed E-state index contributed by atoms with van der Waals surface area (Å²) in [5.41, 5.74) is 2.61. The number of imidazole rings is 1. The highest BCUT2D eigenvalue weighted by atomic mass is 16.1. The summed E-state index contributed by atoms with van der Waals surface area (Å²) in [6.45, 7) is 4.39. The van der Waals surface area contributed by atoms with Crippen LogP contribution in [-0.2, 0) is 0 Å². The van der Waals surface area contributed by atoms with E-state index in [1.807, 2.05) is 28.8 Å². The summed E-state index contributed by atoms with van der Waals surface area (Å²) in [6, 6.07) is 6.05. The number of rotatable bonds is 3. The number of pyridine rings is 1. The second kappa shape index (κ2) is 4.53. The molecule has 18 heavy (non-hydrogen) atoms. The van der Waals surface area contributed by atoms with Crippen LogP contribution in [0, 0.1) is 0 Å². The van der Waals surface area contributed by atoms with Crippen LogP contribution in [0.1, 0.15) is 42.0 Å². The zero-order valence-electron chi connectivity index (χ0n) is 10.5. The SMILES string of the molecule is CCN1CCCC1c1cn2c(C=O)cccc2n1. The summed E-state index contributed by atoms with van der Waals surface area (Å²) in [6.07, 6.45) is 5.28. The molecule has 3 rings (SSSR count). The zero-order chi connectivity index (χ0) is 12.5. The molecular formula is C14H17N3O. The monoisotopic (exact) mass is 243 g/mol. The first-order valence-electron chi connectivity index (χ1n) is 6.50. The van der Waals surface area contributed by atoms with E-state index in [0.717, 1.165) is 37.1 Å². The topological polar surface area (TPSA) is 37.6 Å². The van der Waals surface area contributed by atoms with E-state index in [9.17, 15) is 4.79 Å². The minimum Gasteiger partial charge on any atom is -0.297 e. The fourth-order valence-electron chi connectivity index (χ4n) is 2.85. The number of aromatic nitrogens is 2. The van der Waals surface area contributed by atoms with Gasteiger partial charge in [-0.25, -0.2) is 4.98 Å². The Kier molecular flexibility index (Phi) is 2.88. The predicted molar refractivity (Wildman–Crippen MR) is 69.8 cm³/mol. The van der Waals surface area contributed by atoms with Gasteiger partial charge >= 0.3 is 0 Å². The number of carbonyl (C=O) groups is 1. The van der Waals surface area contributed by atoms with Crippen molar-refractivity contribution in [1.29, 1.82) is 0 Å². The lowest BCUT2D eigenvalue weighted by molar-refractivity contribution is 0.111. The molecule has 1 saturated heterocycles. The first kappa shape index (κ1) is 11.4. The van der Waals surface area contributed by atoms with E-state index in [-0.39, 0.29) is 0 Å². The minimum atomic E-state index is 0.411. The normalized spacial score (nSPS) is 20.6. The molecular weight excluding hydrogens is 226 g/mol. The number of carbonyl (C=O) groups excluding carboxylic acids is 1. The molecule has 0 spiro atoms. The Morgan fingerprint density at radius 1 is 1.50 bits per heavy atom. The molecule has 1 fully saturated rings. The summed E-state index contributed by atoms with van der Waals surface area (Å²) in [7, 11) is 0. The Labute approximate surface area is 106 Å². The molecule has 1 aliphatic rings. The summed E-state index contributed by atoms with van der Waals surface area (Å²) >= 11 is 0. The van der Waals surface area contributed by atoms with Gasteiger partial charge in [0.2, 0.25) is 0 Å². The van der Waals surface area contributed by atoms with E-state index in [4.69, 9.17) is 0 Å². The van der Waals surface area contributed by atoms with Crippen LogP contribution in [0.2, 0.25) is 0 Å². The Bertz CT molecular complexity index is 575. The Hall–Kier alpha value is -1.68. The molecule has 1 unspecified atom stereocenters. The summed E-state index contributed by atoms with van der Waals surface area (Å²) in [5, 5.41) is 0. The van der Waals surface area contributed by atoms with Gasteiger partial charge in [-0.15, -0.1) is 0 Å². The van der Waals surface area contributed by atoms with E-state index in [1.165, 1.54) is 6.42 Å². The quantitative estimate of drug-likeness (QED) is 0.776. The van der Waals surface area contributed by atoms with Crippen molar-refractivity contribution in [3.63, 3.8) is 0 Å². The molecule has 2 aromatic rings. The third kappa shape index (κ3) is 1.73. The standard InChI is InChI=1S/C14H17N3O/c1-2-16-8-4-6-13(16)12-9-17-11(10-18)5-3-7-14(17)15-12/h3,5,7,9-10,13H,2,4,6,8H2,1H3. The van der Waals surface area contributed by atoms with Gasteiger partial charge in [-0.3, -0.25) is 14.1 Å². The second-order valence-corrected chi connectivity index (χ2v) is 4.75. The van der Waals surface area contributed by atoms with Gasteiger partial charge in [0.25, 0.3) is 0 Å². The molecule has 0 aliphatic carbocycles. The summed E-state index contributed by atoms with van der Waals surface area (Å²) < 4.78 is 1.88. The van der Waals surface area contributed by atoms with Crippen molar-refractivity contribution in [3.8, 4) is 0 Å². The fourth-order valence-corrected chi connectivity index (χ4v) is 2.85. The average molecular weight is 243 g/mol. The minimum absolute atomic E-state index is 0.411. The van der Waals surface area contributed by atoms with Crippen LogP contribution >= 0.6 is 0 Å². The highest BCUT2D eigenvalue weighted by Gasteiger charge is 2.26. The lowest BCUT2D eigenvalue weighted by atomic mass is 10.1. The van der Waals surface area contributed by atoms with Crippen molar-refractivity contribution in [2.75, 3.05) is 13.1 Å². The molecule has 1 atom stereocenters. The van der Waals surface area contributed by atoms with Gasteiger partial charge in [0.05, 0.1) is 17.4 Å². The van der Waals surface area contributed by atoms with Gasteiger partial charge in [0.15, 0.2) is 6.29 Å². The molecule has 0 amide bonds. The van der Waals surface area contributed by atoms with E-state index in [0.29, 0.717) is 11.7 Å². The first-order valence-corrected chi connectivity index (χ1v) is 6.50. The van der Waals surface area contributed by atoms with Crippen LogP contribution in [0.5, 0.6) is 0 Å². The molecule has 0 radical (unpaired) electrons. The van der Waals surface area contributed by atoms with Gasteiger partial charge in [-0.2, -0.15) is 0 Å². The van der Waals surface area contributed by atoms with Crippen LogP contribution in [-0.4, -0.2) is 33.7 Å². The highest BCUT2D eigenvalue weighted by Crippen LogP contribution is 2.31. The Morgan fingerprint density at radius 3 is 3.17 bits per heavy atom. The van der Waals surface area contributed by atoms with Crippen molar-refractivity contribution in [2.24, 2.45) is 0 Å². The second-order valence-electron chi connectivity index (χ2n) is 4.75. The molecule has 4 nitrogen and oxygen atoms in total. The Morgan fingerprint density at radius 2 is 2.39 bits per heavy atom. The van der Waals surface area contributed by atoms with Gasteiger partial charge in [0, 0.05) is 6.20 Å². The first-order chi connectivity index (χ1) is 8.83. The van der Waals surface area contributed by atoms with Gasteiger partial charge < -0.3 is 0 Å². The van der Waals surface area contributed by atoms with Gasteiger partial charge in [0.1, 0.15) is 5.65 Å². The maximum Gasteiger partial charge on any atom is 0.166 e. The van der Waals surface area contributed by atoms with Crippen LogP contribution in [0.4, 0.5) is 0 Å². The number of hydrogen-bond donors (Lipinski definition) is 0. The largest absolute Gasteiger partial charge is 0.297 e. The van der Waals surface area contributed by atoms with E-state index in [1.54, 1.807) is 0 Å². The summed E-state index contributed by atoms with van der Waals surface area (Å²) in [5.74, 6) is 0. The average Bonchev–Trinajstić information content (AvgIpc) is 3.03. The molecule has 0 N–H and O–H groups in total. The number of nitrogens with zero attached hydrogens (tertiary/aromatic N) is 3. The van der Waals surface area contributed by atoms with E-state index >= 15 is 0 Å². The number of likely N-dealkylation sites (tertiary alicyclic amines) is 1. The van der Waals surface area contributed by atoms with Crippen molar-refractivity contribution < 1.29 is 4.79 Å². The molecule has 1 aliphatic heterocycles. The van der Waals surface area contributed by atoms with Crippen LogP contribution in [0.3, 0.4) is 0 Å². The molecule has 94 valence electrons. The molecule has 0 aromatic carbocycles. The number of fused-ring (bicyclic) bond motifs is 1. The zero-order valence-corrected chi connectivity index (χ0v) is 10.5. The number of hydrogen-bond acceptors (Lipinski definition) is 3. The number of aldehydes is 1. The molecule has 0 saturated carbocycles. The van der Waals surface area contributed by atoms with Crippen molar-refractivity contribution in [2.45, 2.75) is 25.8 Å². The third-order valence-corrected chi connectivity index (χ3v) is 3.77. The highest BCUT2D eigenvalue weighted by molar-refractivity contribution is 5.73. The van der Waals surface area contributed by atoms with Crippen LogP contribution in [0.15, 0.2) is 24.4 Å². The van der Waals surface area contributed by atoms with Crippen molar-refractivity contribution in [1.82, 2.24) is 14.3 Å². The molecule has 2 aromatic heterocycles. The maximum absolute atomic E-state index is 11.0. The van der Waals surface area contributed by atoms with Crippen molar-refractivity contribution >= 4 is 11.9 Å². The third-order valence-electron chi connectivity index (χ3n) is 3.77. The van der Waals surface area contributed by atoms with Gasteiger partial charge in [-0.05, 0) is 38.1 Å². The predicted octanol–water partition coefficient (Wildman–Crippen LogP) is 2.30. The fraction of sp³-hybridized carbons (Fsp3) is 0.429. The maximum atomic E-state index is 11.0. The van der Waals surface area contributed by atoms with Crippen molar-refractivity contribution in [3.05, 3.63) is 35.8 Å². The lowest BCUT2D eigenvalue weighted by Crippen LogP contribution is -2.22. The molecule has 3 heterocycles.